The van der Waals surface area contributed by atoms with E-state index in [4.69, 9.17) is 0 Å². The molecule has 46 heavy (non-hydrogen) atoms. The number of thiophene rings is 1. The van der Waals surface area contributed by atoms with Gasteiger partial charge in [-0.25, -0.2) is 0 Å². The first-order chi connectivity index (χ1) is 22.7. The van der Waals surface area contributed by atoms with Crippen LogP contribution in [0, 0.1) is 6.92 Å². The van der Waals surface area contributed by atoms with E-state index in [1.807, 2.05) is 11.3 Å². The minimum absolute atomic E-state index is 1.17. The van der Waals surface area contributed by atoms with Crippen LogP contribution in [0.2, 0.25) is 0 Å². The Bertz CT molecular complexity index is 2790. The van der Waals surface area contributed by atoms with E-state index in [-0.39, 0.29) is 0 Å². The van der Waals surface area contributed by atoms with Crippen molar-refractivity contribution in [2.75, 3.05) is 0 Å². The Morgan fingerprint density at radius 1 is 0.457 bits per heavy atom. The zero-order chi connectivity index (χ0) is 30.4. The van der Waals surface area contributed by atoms with Crippen molar-refractivity contribution in [1.82, 2.24) is 9.13 Å². The van der Waals surface area contributed by atoms with Crippen LogP contribution in [0.25, 0.3) is 86.3 Å². The van der Waals surface area contributed by atoms with Crippen LogP contribution in [0.5, 0.6) is 0 Å². The standard InChI is InChI=1S/C43H28N2S/c1-27-18-24-38-36(26-27)41-39(44(38)29-10-3-2-4-11-29)25-23-34-32-12-5-7-16-37(32)45(42(34)41)30-21-19-28(20-22-30)31-14-9-15-35-33-13-6-8-17-40(33)46-43(31)35/h2-26H,1H3. The number of fused-ring (bicyclic) bond motifs is 10. The third-order valence-electron chi connectivity index (χ3n) is 9.57. The molecule has 0 saturated carbocycles. The smallest absolute Gasteiger partial charge is 0.0641 e. The van der Waals surface area contributed by atoms with Gasteiger partial charge in [-0.3, -0.25) is 0 Å². The van der Waals surface area contributed by atoms with Gasteiger partial charge in [-0.15, -0.1) is 11.3 Å². The molecule has 0 aliphatic rings. The number of nitrogens with zero attached hydrogens (tertiary/aromatic N) is 2. The Morgan fingerprint density at radius 3 is 2.02 bits per heavy atom. The number of hydrogen-bond donors (Lipinski definition) is 0. The van der Waals surface area contributed by atoms with Crippen molar-refractivity contribution in [3.63, 3.8) is 0 Å². The Morgan fingerprint density at radius 2 is 1.15 bits per heavy atom. The second-order valence-electron chi connectivity index (χ2n) is 12.2. The van der Waals surface area contributed by atoms with E-state index in [1.165, 1.54) is 91.8 Å². The molecule has 0 aliphatic heterocycles. The third kappa shape index (κ3) is 3.58. The Balaban J connectivity index is 1.26. The molecule has 0 saturated heterocycles. The topological polar surface area (TPSA) is 9.86 Å². The minimum Gasteiger partial charge on any atom is -0.309 e. The highest BCUT2D eigenvalue weighted by Crippen LogP contribution is 2.43. The Hall–Kier alpha value is -5.64. The molecule has 0 unspecified atom stereocenters. The molecule has 3 heteroatoms. The van der Waals surface area contributed by atoms with Crippen molar-refractivity contribution in [1.29, 1.82) is 0 Å². The molecule has 0 atom stereocenters. The first-order valence-electron chi connectivity index (χ1n) is 15.8. The SMILES string of the molecule is Cc1ccc2c(c1)c1c(ccc3c4ccccc4n(-c4ccc(-c5cccc6c5sc5ccccc56)cc4)c31)n2-c1ccccc1. The molecule has 0 radical (unpaired) electrons. The molecule has 7 aromatic carbocycles. The van der Waals surface area contributed by atoms with Crippen LogP contribution in [0.15, 0.2) is 152 Å². The number of rotatable bonds is 3. The van der Waals surface area contributed by atoms with Gasteiger partial charge in [-0.05, 0) is 72.6 Å². The maximum Gasteiger partial charge on any atom is 0.0641 e. The van der Waals surface area contributed by atoms with Crippen molar-refractivity contribution >= 4 is 75.1 Å². The average molecular weight is 605 g/mol. The monoisotopic (exact) mass is 604 g/mol. The van der Waals surface area contributed by atoms with E-state index in [9.17, 15) is 0 Å². The van der Waals surface area contributed by atoms with Gasteiger partial charge in [0.2, 0.25) is 0 Å². The fourth-order valence-corrected chi connectivity index (χ4v) is 8.80. The first-order valence-corrected chi connectivity index (χ1v) is 16.6. The Labute approximate surface area is 270 Å². The van der Waals surface area contributed by atoms with Crippen molar-refractivity contribution in [3.8, 4) is 22.5 Å². The van der Waals surface area contributed by atoms with E-state index in [0.29, 0.717) is 0 Å². The second kappa shape index (κ2) is 9.68. The molecule has 216 valence electrons. The lowest BCUT2D eigenvalue weighted by atomic mass is 10.0. The van der Waals surface area contributed by atoms with Crippen LogP contribution in [-0.4, -0.2) is 9.13 Å². The summed E-state index contributed by atoms with van der Waals surface area (Å²) in [6.07, 6.45) is 0. The predicted octanol–water partition coefficient (Wildman–Crippen LogP) is 12.2. The van der Waals surface area contributed by atoms with Gasteiger partial charge in [-0.1, -0.05) is 103 Å². The molecule has 10 rings (SSSR count). The molecular formula is C43H28N2S. The normalized spacial score (nSPS) is 12.0. The van der Waals surface area contributed by atoms with Gasteiger partial charge in [0, 0.05) is 53.1 Å². The summed E-state index contributed by atoms with van der Waals surface area (Å²) in [5.41, 5.74) is 11.0. The average Bonchev–Trinajstić information content (AvgIpc) is 3.76. The largest absolute Gasteiger partial charge is 0.309 e. The molecule has 2 nitrogen and oxygen atoms in total. The maximum atomic E-state index is 2.48. The fourth-order valence-electron chi connectivity index (χ4n) is 7.56. The van der Waals surface area contributed by atoms with E-state index in [0.717, 1.165) is 0 Å². The molecular weight excluding hydrogens is 577 g/mol. The van der Waals surface area contributed by atoms with Crippen molar-refractivity contribution < 1.29 is 0 Å². The van der Waals surface area contributed by atoms with E-state index >= 15 is 0 Å². The lowest BCUT2D eigenvalue weighted by Crippen LogP contribution is -1.95. The van der Waals surface area contributed by atoms with Gasteiger partial charge >= 0.3 is 0 Å². The van der Waals surface area contributed by atoms with E-state index in [2.05, 4.69) is 168 Å². The lowest BCUT2D eigenvalue weighted by Gasteiger charge is -2.11. The predicted molar refractivity (Wildman–Crippen MR) is 198 cm³/mol. The molecule has 10 aromatic rings. The number of aromatic nitrogens is 2. The molecule has 0 N–H and O–H groups in total. The summed E-state index contributed by atoms with van der Waals surface area (Å²) in [4.78, 5) is 0. The van der Waals surface area contributed by atoms with Crippen LogP contribution < -0.4 is 0 Å². The highest BCUT2D eigenvalue weighted by molar-refractivity contribution is 7.26. The molecule has 3 aromatic heterocycles. The van der Waals surface area contributed by atoms with Crippen LogP contribution in [0.1, 0.15) is 5.56 Å². The van der Waals surface area contributed by atoms with Crippen molar-refractivity contribution in [2.24, 2.45) is 0 Å². The number of para-hydroxylation sites is 2. The number of hydrogen-bond acceptors (Lipinski definition) is 1. The van der Waals surface area contributed by atoms with Crippen LogP contribution in [-0.2, 0) is 0 Å². The summed E-state index contributed by atoms with van der Waals surface area (Å²) in [6, 6.07) is 55.7. The zero-order valence-corrected chi connectivity index (χ0v) is 26.1. The minimum atomic E-state index is 1.17. The van der Waals surface area contributed by atoms with Crippen LogP contribution in [0.4, 0.5) is 0 Å². The Kier molecular flexibility index (Phi) is 5.40. The highest BCUT2D eigenvalue weighted by atomic mass is 32.1. The van der Waals surface area contributed by atoms with Gasteiger partial charge in [0.1, 0.15) is 0 Å². The van der Waals surface area contributed by atoms with Crippen molar-refractivity contribution in [2.45, 2.75) is 6.92 Å². The van der Waals surface area contributed by atoms with Gasteiger partial charge in [0.05, 0.1) is 22.1 Å². The summed E-state index contributed by atoms with van der Waals surface area (Å²) >= 11 is 1.89. The zero-order valence-electron chi connectivity index (χ0n) is 25.2. The van der Waals surface area contributed by atoms with Crippen LogP contribution in [0.3, 0.4) is 0 Å². The molecule has 0 amide bonds. The summed E-state index contributed by atoms with van der Waals surface area (Å²) in [5, 5.41) is 7.77. The van der Waals surface area contributed by atoms with Gasteiger partial charge < -0.3 is 9.13 Å². The highest BCUT2D eigenvalue weighted by Gasteiger charge is 2.21. The molecule has 0 fully saturated rings. The fraction of sp³-hybridized carbons (Fsp3) is 0.0233. The molecule has 3 heterocycles. The van der Waals surface area contributed by atoms with E-state index in [1.54, 1.807) is 0 Å². The van der Waals surface area contributed by atoms with Crippen molar-refractivity contribution in [3.05, 3.63) is 157 Å². The molecule has 0 bridgehead atoms. The number of aryl methyl sites for hydroxylation is 1. The van der Waals surface area contributed by atoms with Gasteiger partial charge in [0.25, 0.3) is 0 Å². The quantitative estimate of drug-likeness (QED) is 0.190. The van der Waals surface area contributed by atoms with Crippen LogP contribution >= 0.6 is 11.3 Å². The van der Waals surface area contributed by atoms with Gasteiger partial charge in [-0.2, -0.15) is 0 Å². The third-order valence-corrected chi connectivity index (χ3v) is 10.8. The molecule has 0 aliphatic carbocycles. The number of benzene rings is 7. The second-order valence-corrected chi connectivity index (χ2v) is 13.3. The summed E-state index contributed by atoms with van der Waals surface area (Å²) < 4.78 is 7.58. The molecule has 0 spiro atoms. The van der Waals surface area contributed by atoms with Gasteiger partial charge in [0.15, 0.2) is 0 Å². The summed E-state index contributed by atoms with van der Waals surface area (Å²) in [5.74, 6) is 0. The summed E-state index contributed by atoms with van der Waals surface area (Å²) in [6.45, 7) is 2.19. The van der Waals surface area contributed by atoms with E-state index < -0.39 is 0 Å². The summed E-state index contributed by atoms with van der Waals surface area (Å²) in [7, 11) is 0. The maximum absolute atomic E-state index is 2.48. The first kappa shape index (κ1) is 25.7. The lowest BCUT2D eigenvalue weighted by molar-refractivity contribution is 1.17.